The summed E-state index contributed by atoms with van der Waals surface area (Å²) in [7, 11) is 1.61. The highest BCUT2D eigenvalue weighted by molar-refractivity contribution is 6.30. The number of ether oxygens (including phenoxy) is 2. The van der Waals surface area contributed by atoms with Crippen molar-refractivity contribution in [3.63, 3.8) is 0 Å². The van der Waals surface area contributed by atoms with Gasteiger partial charge in [0.15, 0.2) is 11.5 Å². The maximum absolute atomic E-state index is 13.1. The molecular formula is C25H25ClN2O3. The molecule has 3 aromatic rings. The number of carbonyl (C=O) groups is 1. The van der Waals surface area contributed by atoms with E-state index in [0.717, 1.165) is 29.5 Å². The highest BCUT2D eigenvalue weighted by Crippen LogP contribution is 2.49. The topological polar surface area (TPSA) is 60.5 Å². The Kier molecular flexibility index (Phi) is 6.14. The van der Waals surface area contributed by atoms with E-state index in [1.165, 1.54) is 0 Å². The molecule has 1 atom stereocenters. The molecule has 1 aliphatic carbocycles. The first-order chi connectivity index (χ1) is 15.0. The van der Waals surface area contributed by atoms with Crippen molar-refractivity contribution in [3.05, 3.63) is 88.7 Å². The third-order valence-electron chi connectivity index (χ3n) is 5.74. The number of pyridine rings is 1. The van der Waals surface area contributed by atoms with Crippen molar-refractivity contribution in [2.24, 2.45) is 0 Å². The molecule has 160 valence electrons. The van der Waals surface area contributed by atoms with Gasteiger partial charge in [0, 0.05) is 17.4 Å². The lowest BCUT2D eigenvalue weighted by Crippen LogP contribution is -2.36. The van der Waals surface area contributed by atoms with Gasteiger partial charge in [-0.25, -0.2) is 0 Å². The van der Waals surface area contributed by atoms with Crippen molar-refractivity contribution in [2.75, 3.05) is 7.11 Å². The zero-order valence-corrected chi connectivity index (χ0v) is 18.4. The normalized spacial score (nSPS) is 15.1. The van der Waals surface area contributed by atoms with E-state index in [1.807, 2.05) is 61.5 Å². The maximum Gasteiger partial charge on any atom is 0.231 e. The summed E-state index contributed by atoms with van der Waals surface area (Å²) in [6, 6.07) is 17.0. The van der Waals surface area contributed by atoms with Crippen LogP contribution in [0.1, 0.15) is 42.5 Å². The van der Waals surface area contributed by atoms with E-state index >= 15 is 0 Å². The van der Waals surface area contributed by atoms with Crippen molar-refractivity contribution in [2.45, 2.75) is 37.8 Å². The zero-order valence-electron chi connectivity index (χ0n) is 17.6. The number of methoxy groups -OCH3 is 1. The summed E-state index contributed by atoms with van der Waals surface area (Å²) >= 11 is 6.14. The van der Waals surface area contributed by atoms with E-state index in [2.05, 4.69) is 10.3 Å². The molecule has 2 aromatic carbocycles. The number of rotatable bonds is 8. The number of hydrogen-bond acceptors (Lipinski definition) is 4. The number of benzene rings is 2. The Hall–Kier alpha value is -3.05. The van der Waals surface area contributed by atoms with Crippen molar-refractivity contribution in [3.8, 4) is 11.5 Å². The van der Waals surface area contributed by atoms with Crippen LogP contribution < -0.4 is 14.8 Å². The lowest BCUT2D eigenvalue weighted by atomic mass is 9.94. The summed E-state index contributed by atoms with van der Waals surface area (Å²) in [5.74, 6) is 1.31. The first kappa shape index (κ1) is 21.2. The third kappa shape index (κ3) is 4.67. The molecule has 6 heteroatoms. The number of nitrogens with one attached hydrogen (secondary N) is 1. The number of amides is 1. The molecule has 4 rings (SSSR count). The number of aromatic nitrogens is 1. The molecule has 1 aliphatic rings. The average Bonchev–Trinajstić information content (AvgIpc) is 3.60. The van der Waals surface area contributed by atoms with E-state index < -0.39 is 5.41 Å². The van der Waals surface area contributed by atoms with E-state index in [1.54, 1.807) is 19.5 Å². The van der Waals surface area contributed by atoms with E-state index in [0.29, 0.717) is 23.1 Å². The third-order valence-corrected chi connectivity index (χ3v) is 5.98. The van der Waals surface area contributed by atoms with E-state index in [4.69, 9.17) is 21.1 Å². The molecule has 1 fully saturated rings. The van der Waals surface area contributed by atoms with Gasteiger partial charge in [0.25, 0.3) is 0 Å². The fourth-order valence-electron chi connectivity index (χ4n) is 3.69. The molecule has 0 spiro atoms. The van der Waals surface area contributed by atoms with Crippen LogP contribution in [0.4, 0.5) is 0 Å². The quantitative estimate of drug-likeness (QED) is 0.525. The lowest BCUT2D eigenvalue weighted by molar-refractivity contribution is -0.124. The smallest absolute Gasteiger partial charge is 0.231 e. The van der Waals surface area contributed by atoms with E-state index in [9.17, 15) is 4.79 Å². The molecule has 0 bridgehead atoms. The molecule has 1 aromatic heterocycles. The monoisotopic (exact) mass is 436 g/mol. The van der Waals surface area contributed by atoms with Crippen LogP contribution in [0.25, 0.3) is 0 Å². The molecule has 31 heavy (non-hydrogen) atoms. The van der Waals surface area contributed by atoms with Gasteiger partial charge in [0.2, 0.25) is 5.91 Å². The second-order valence-corrected chi connectivity index (χ2v) is 8.28. The molecule has 5 nitrogen and oxygen atoms in total. The number of halogens is 1. The van der Waals surface area contributed by atoms with Gasteiger partial charge in [-0.1, -0.05) is 29.8 Å². The Bertz CT molecular complexity index is 1070. The van der Waals surface area contributed by atoms with Crippen LogP contribution in [0, 0.1) is 0 Å². The average molecular weight is 437 g/mol. The number of nitrogens with zero attached hydrogens (tertiary/aromatic N) is 1. The fourth-order valence-corrected chi connectivity index (χ4v) is 3.88. The first-order valence-corrected chi connectivity index (χ1v) is 10.7. The number of hydrogen-bond donors (Lipinski definition) is 1. The summed E-state index contributed by atoms with van der Waals surface area (Å²) in [5, 5.41) is 3.81. The lowest BCUT2D eigenvalue weighted by Gasteiger charge is -2.21. The van der Waals surface area contributed by atoms with Gasteiger partial charge in [-0.05, 0) is 72.9 Å². The van der Waals surface area contributed by atoms with Crippen LogP contribution in [0.5, 0.6) is 11.5 Å². The Balaban J connectivity index is 1.44. The molecule has 1 N–H and O–H groups in total. The first-order valence-electron chi connectivity index (χ1n) is 10.3. The van der Waals surface area contributed by atoms with Crippen LogP contribution in [0.15, 0.2) is 67.0 Å². The fraction of sp³-hybridized carbons (Fsp3) is 0.280. The Morgan fingerprint density at radius 1 is 1.13 bits per heavy atom. The second-order valence-electron chi connectivity index (χ2n) is 7.84. The summed E-state index contributed by atoms with van der Waals surface area (Å²) in [4.78, 5) is 17.1. The van der Waals surface area contributed by atoms with Gasteiger partial charge in [-0.3, -0.25) is 9.78 Å². The molecule has 1 unspecified atom stereocenters. The highest BCUT2D eigenvalue weighted by atomic mass is 35.5. The Morgan fingerprint density at radius 2 is 1.90 bits per heavy atom. The highest BCUT2D eigenvalue weighted by Gasteiger charge is 2.51. The second kappa shape index (κ2) is 8.98. The maximum atomic E-state index is 13.1. The molecule has 0 saturated heterocycles. The van der Waals surface area contributed by atoms with Gasteiger partial charge >= 0.3 is 0 Å². The van der Waals surface area contributed by atoms with E-state index in [-0.39, 0.29) is 11.9 Å². The minimum Gasteiger partial charge on any atom is -0.493 e. The Labute approximate surface area is 187 Å². The molecule has 0 radical (unpaired) electrons. The summed E-state index contributed by atoms with van der Waals surface area (Å²) < 4.78 is 11.4. The molecule has 0 aliphatic heterocycles. The van der Waals surface area contributed by atoms with Crippen molar-refractivity contribution in [1.29, 1.82) is 0 Å². The molecule has 1 saturated carbocycles. The molecular weight excluding hydrogens is 412 g/mol. The van der Waals surface area contributed by atoms with Crippen molar-refractivity contribution >= 4 is 17.5 Å². The zero-order chi connectivity index (χ0) is 21.8. The van der Waals surface area contributed by atoms with Crippen molar-refractivity contribution in [1.82, 2.24) is 10.3 Å². The largest absolute Gasteiger partial charge is 0.493 e. The van der Waals surface area contributed by atoms with Gasteiger partial charge in [0.05, 0.1) is 18.6 Å². The molecule has 1 heterocycles. The van der Waals surface area contributed by atoms with Crippen LogP contribution in [0.2, 0.25) is 5.02 Å². The number of carbonyl (C=O) groups excluding carboxylic acids is 1. The van der Waals surface area contributed by atoms with Crippen LogP contribution >= 0.6 is 11.6 Å². The SMILES string of the molecule is COc1cc(C(C)NC(=O)C2(c3cccc(Cl)c3)CC2)ccc1OCc1ccncc1. The minimum absolute atomic E-state index is 0.0271. The summed E-state index contributed by atoms with van der Waals surface area (Å²) in [5.41, 5.74) is 2.47. The van der Waals surface area contributed by atoms with Crippen molar-refractivity contribution < 1.29 is 14.3 Å². The standard InChI is InChI=1S/C25H25ClN2O3/c1-17(28-24(29)25(10-11-25)20-4-3-5-21(26)15-20)19-6-7-22(23(14-19)30-2)31-16-18-8-12-27-13-9-18/h3-9,12-15,17H,10-11,16H2,1-2H3,(H,28,29). The van der Waals surface area contributed by atoms with Gasteiger partial charge < -0.3 is 14.8 Å². The minimum atomic E-state index is -0.475. The summed E-state index contributed by atoms with van der Waals surface area (Å²) in [6.45, 7) is 2.39. The van der Waals surface area contributed by atoms with Gasteiger partial charge in [-0.2, -0.15) is 0 Å². The molecule has 1 amide bonds. The van der Waals surface area contributed by atoms with Gasteiger partial charge in [0.1, 0.15) is 6.61 Å². The van der Waals surface area contributed by atoms with Crippen LogP contribution in [-0.2, 0) is 16.8 Å². The van der Waals surface area contributed by atoms with Gasteiger partial charge in [-0.15, -0.1) is 0 Å². The summed E-state index contributed by atoms with van der Waals surface area (Å²) in [6.07, 6.45) is 5.13. The van der Waals surface area contributed by atoms with Crippen LogP contribution in [0.3, 0.4) is 0 Å². The predicted molar refractivity (Wildman–Crippen MR) is 120 cm³/mol. The Morgan fingerprint density at radius 3 is 2.58 bits per heavy atom. The predicted octanol–water partition coefficient (Wildman–Crippen LogP) is 5.23. The van der Waals surface area contributed by atoms with Crippen LogP contribution in [-0.4, -0.2) is 18.0 Å².